The Morgan fingerprint density at radius 2 is 2.45 bits per heavy atom. The highest BCUT2D eigenvalue weighted by Crippen LogP contribution is 2.14. The summed E-state index contributed by atoms with van der Waals surface area (Å²) in [5.41, 5.74) is 0.905. The van der Waals surface area contributed by atoms with Gasteiger partial charge in [-0.2, -0.15) is 0 Å². The molecule has 1 aromatic rings. The first-order chi connectivity index (χ1) is 5.20. The Kier molecular flexibility index (Phi) is 3.02. The molecule has 0 aromatic carbocycles. The molecule has 1 aromatic heterocycles. The smallest absolute Gasteiger partial charge is 0.0571 e. The molecular formula is C8H10BrNO. The minimum Gasteiger partial charge on any atom is -0.393 e. The van der Waals surface area contributed by atoms with Crippen molar-refractivity contribution in [3.05, 3.63) is 28.5 Å². The van der Waals surface area contributed by atoms with Crippen LogP contribution in [0, 0.1) is 0 Å². The van der Waals surface area contributed by atoms with Crippen LogP contribution in [0.5, 0.6) is 0 Å². The van der Waals surface area contributed by atoms with E-state index < -0.39 is 0 Å². The Hall–Kier alpha value is -0.410. The molecule has 3 heteroatoms. The normalized spacial score (nSPS) is 13.0. The summed E-state index contributed by atoms with van der Waals surface area (Å²) in [6.07, 6.45) is 1.99. The van der Waals surface area contributed by atoms with E-state index in [1.54, 1.807) is 13.1 Å². The van der Waals surface area contributed by atoms with Gasteiger partial charge in [0, 0.05) is 17.1 Å². The van der Waals surface area contributed by atoms with Crippen molar-refractivity contribution in [3.63, 3.8) is 0 Å². The first kappa shape index (κ1) is 8.68. The predicted molar refractivity (Wildman–Crippen MR) is 47.3 cm³/mol. The van der Waals surface area contributed by atoms with Gasteiger partial charge in [0.25, 0.3) is 0 Å². The van der Waals surface area contributed by atoms with Gasteiger partial charge >= 0.3 is 0 Å². The lowest BCUT2D eigenvalue weighted by Gasteiger charge is -2.04. The largest absolute Gasteiger partial charge is 0.393 e. The maximum atomic E-state index is 9.07. The number of pyridine rings is 1. The lowest BCUT2D eigenvalue weighted by molar-refractivity contribution is 0.194. The van der Waals surface area contributed by atoms with Gasteiger partial charge < -0.3 is 5.11 Å². The summed E-state index contributed by atoms with van der Waals surface area (Å²) in [5, 5.41) is 9.07. The fraction of sp³-hybridized carbons (Fsp3) is 0.375. The minimum atomic E-state index is -0.332. The zero-order chi connectivity index (χ0) is 8.27. The van der Waals surface area contributed by atoms with E-state index in [0.29, 0.717) is 6.42 Å². The molecule has 1 unspecified atom stereocenters. The third kappa shape index (κ3) is 2.60. The molecule has 1 N–H and O–H groups in total. The molecule has 0 fully saturated rings. The van der Waals surface area contributed by atoms with Crippen LogP contribution in [0.3, 0.4) is 0 Å². The quantitative estimate of drug-likeness (QED) is 0.817. The molecule has 0 spiro atoms. The van der Waals surface area contributed by atoms with Crippen molar-refractivity contribution in [2.24, 2.45) is 0 Å². The number of halogens is 1. The van der Waals surface area contributed by atoms with Crippen molar-refractivity contribution in [3.8, 4) is 0 Å². The van der Waals surface area contributed by atoms with Crippen LogP contribution in [-0.4, -0.2) is 16.2 Å². The summed E-state index contributed by atoms with van der Waals surface area (Å²) >= 11 is 3.35. The molecule has 60 valence electrons. The van der Waals surface area contributed by atoms with Crippen LogP contribution >= 0.6 is 15.9 Å². The Bertz CT molecular complexity index is 237. The van der Waals surface area contributed by atoms with Gasteiger partial charge in [0.05, 0.1) is 11.8 Å². The Labute approximate surface area is 74.4 Å². The molecule has 2 nitrogen and oxygen atoms in total. The fourth-order valence-corrected chi connectivity index (χ4v) is 1.27. The van der Waals surface area contributed by atoms with Gasteiger partial charge in [0.15, 0.2) is 0 Å². The van der Waals surface area contributed by atoms with Gasteiger partial charge in [-0.15, -0.1) is 0 Å². The molecule has 11 heavy (non-hydrogen) atoms. The Morgan fingerprint density at radius 3 is 3.00 bits per heavy atom. The standard InChI is InChI=1S/C8H10BrNO/c1-6(11)5-8-7(9)3-2-4-10-8/h2-4,6,11H,5H2,1H3. The lowest BCUT2D eigenvalue weighted by Crippen LogP contribution is -2.06. The SMILES string of the molecule is CC(O)Cc1ncccc1Br. The highest BCUT2D eigenvalue weighted by atomic mass is 79.9. The summed E-state index contributed by atoms with van der Waals surface area (Å²) in [6, 6.07) is 3.78. The van der Waals surface area contributed by atoms with Gasteiger partial charge in [-0.05, 0) is 35.0 Å². The number of nitrogens with zero attached hydrogens (tertiary/aromatic N) is 1. The van der Waals surface area contributed by atoms with Crippen molar-refractivity contribution in [2.45, 2.75) is 19.4 Å². The van der Waals surface area contributed by atoms with Gasteiger partial charge in [-0.3, -0.25) is 4.98 Å². The van der Waals surface area contributed by atoms with E-state index in [0.717, 1.165) is 10.2 Å². The third-order valence-corrected chi connectivity index (χ3v) is 2.05. The summed E-state index contributed by atoms with van der Waals surface area (Å²) in [7, 11) is 0. The number of aromatic nitrogens is 1. The summed E-state index contributed by atoms with van der Waals surface area (Å²) in [5.74, 6) is 0. The third-order valence-electron chi connectivity index (χ3n) is 1.32. The van der Waals surface area contributed by atoms with E-state index in [1.165, 1.54) is 0 Å². The Morgan fingerprint density at radius 1 is 1.73 bits per heavy atom. The second-order valence-electron chi connectivity index (χ2n) is 2.49. The van der Waals surface area contributed by atoms with Crippen LogP contribution in [0.1, 0.15) is 12.6 Å². The monoisotopic (exact) mass is 215 g/mol. The maximum Gasteiger partial charge on any atom is 0.0571 e. The van der Waals surface area contributed by atoms with Crippen LogP contribution in [-0.2, 0) is 6.42 Å². The van der Waals surface area contributed by atoms with E-state index in [-0.39, 0.29) is 6.10 Å². The zero-order valence-electron chi connectivity index (χ0n) is 6.29. The lowest BCUT2D eigenvalue weighted by atomic mass is 10.2. The molecule has 1 heterocycles. The molecule has 0 saturated heterocycles. The van der Waals surface area contributed by atoms with Gasteiger partial charge in [0.2, 0.25) is 0 Å². The average Bonchev–Trinajstić information content (AvgIpc) is 1.93. The first-order valence-electron chi connectivity index (χ1n) is 3.47. The van der Waals surface area contributed by atoms with E-state index in [9.17, 15) is 0 Å². The zero-order valence-corrected chi connectivity index (χ0v) is 7.87. The van der Waals surface area contributed by atoms with Crippen LogP contribution in [0.15, 0.2) is 22.8 Å². The fourth-order valence-electron chi connectivity index (χ4n) is 0.848. The van der Waals surface area contributed by atoms with E-state index in [4.69, 9.17) is 5.11 Å². The summed E-state index contributed by atoms with van der Waals surface area (Å²) < 4.78 is 0.959. The molecule has 1 rings (SSSR count). The number of rotatable bonds is 2. The molecule has 0 saturated carbocycles. The Balaban J connectivity index is 2.78. The molecule has 0 aliphatic carbocycles. The summed E-state index contributed by atoms with van der Waals surface area (Å²) in [4.78, 5) is 4.11. The van der Waals surface area contributed by atoms with Crippen LogP contribution in [0.4, 0.5) is 0 Å². The van der Waals surface area contributed by atoms with Crippen molar-refractivity contribution in [1.29, 1.82) is 0 Å². The molecule has 0 aliphatic rings. The van der Waals surface area contributed by atoms with Crippen molar-refractivity contribution in [2.75, 3.05) is 0 Å². The second-order valence-corrected chi connectivity index (χ2v) is 3.34. The molecule has 0 aliphatic heterocycles. The molecule has 0 bridgehead atoms. The maximum absolute atomic E-state index is 9.07. The van der Waals surface area contributed by atoms with Crippen LogP contribution in [0.25, 0.3) is 0 Å². The first-order valence-corrected chi connectivity index (χ1v) is 4.27. The topological polar surface area (TPSA) is 33.1 Å². The summed E-state index contributed by atoms with van der Waals surface area (Å²) in [6.45, 7) is 1.75. The van der Waals surface area contributed by atoms with Gasteiger partial charge in [-0.1, -0.05) is 0 Å². The molecule has 0 amide bonds. The van der Waals surface area contributed by atoms with E-state index >= 15 is 0 Å². The van der Waals surface area contributed by atoms with Gasteiger partial charge in [-0.25, -0.2) is 0 Å². The molecular weight excluding hydrogens is 206 g/mol. The number of aliphatic hydroxyl groups is 1. The molecule has 0 radical (unpaired) electrons. The molecule has 1 atom stereocenters. The van der Waals surface area contributed by atoms with Crippen molar-refractivity contribution < 1.29 is 5.11 Å². The van der Waals surface area contributed by atoms with Crippen LogP contribution in [0.2, 0.25) is 0 Å². The van der Waals surface area contributed by atoms with Crippen LogP contribution < -0.4 is 0 Å². The van der Waals surface area contributed by atoms with Gasteiger partial charge in [0.1, 0.15) is 0 Å². The number of aliphatic hydroxyl groups excluding tert-OH is 1. The number of hydrogen-bond donors (Lipinski definition) is 1. The van der Waals surface area contributed by atoms with Crippen molar-refractivity contribution in [1.82, 2.24) is 4.98 Å². The highest BCUT2D eigenvalue weighted by molar-refractivity contribution is 9.10. The predicted octanol–water partition coefficient (Wildman–Crippen LogP) is 1.77. The average molecular weight is 216 g/mol. The minimum absolute atomic E-state index is 0.332. The highest BCUT2D eigenvalue weighted by Gasteiger charge is 2.02. The second kappa shape index (κ2) is 3.83. The van der Waals surface area contributed by atoms with E-state index in [2.05, 4.69) is 20.9 Å². The van der Waals surface area contributed by atoms with Crippen molar-refractivity contribution >= 4 is 15.9 Å². The van der Waals surface area contributed by atoms with E-state index in [1.807, 2.05) is 12.1 Å². The number of hydrogen-bond acceptors (Lipinski definition) is 2.